The zero-order chi connectivity index (χ0) is 14.8. The van der Waals surface area contributed by atoms with Gasteiger partial charge in [0.2, 0.25) is 0 Å². The van der Waals surface area contributed by atoms with E-state index >= 15 is 0 Å². The maximum atomic E-state index is 12.9. The van der Waals surface area contributed by atoms with E-state index in [0.717, 1.165) is 7.11 Å². The normalized spacial score (nSPS) is 21.2. The van der Waals surface area contributed by atoms with E-state index in [2.05, 4.69) is 4.74 Å². The van der Waals surface area contributed by atoms with Crippen molar-refractivity contribution in [3.8, 4) is 0 Å². The molecule has 1 fully saturated rings. The molecule has 1 aliphatic rings. The molecule has 1 saturated heterocycles. The van der Waals surface area contributed by atoms with Crippen molar-refractivity contribution in [3.05, 3.63) is 0 Å². The highest BCUT2D eigenvalue weighted by molar-refractivity contribution is 5.85. The molecule has 0 bridgehead atoms. The molecule has 0 aliphatic carbocycles. The van der Waals surface area contributed by atoms with E-state index in [1.807, 2.05) is 0 Å². The Labute approximate surface area is 105 Å². The van der Waals surface area contributed by atoms with Crippen molar-refractivity contribution < 1.29 is 36.3 Å². The van der Waals surface area contributed by atoms with Crippen molar-refractivity contribution in [2.75, 3.05) is 20.2 Å². The molecule has 1 amide bonds. The average Bonchev–Trinajstić information content (AvgIpc) is 2.35. The Balaban J connectivity index is 2.80. The highest BCUT2D eigenvalue weighted by Crippen LogP contribution is 2.37. The molecule has 0 saturated carbocycles. The summed E-state index contributed by atoms with van der Waals surface area (Å²) in [6.45, 7) is -0.727. The minimum Gasteiger partial charge on any atom is -0.469 e. The van der Waals surface area contributed by atoms with Gasteiger partial charge in [0, 0.05) is 13.1 Å². The van der Waals surface area contributed by atoms with E-state index in [4.69, 9.17) is 0 Å². The van der Waals surface area contributed by atoms with E-state index in [0.29, 0.717) is 4.90 Å². The van der Waals surface area contributed by atoms with Gasteiger partial charge in [-0.05, 0) is 12.8 Å². The van der Waals surface area contributed by atoms with E-state index in [9.17, 15) is 31.5 Å². The van der Waals surface area contributed by atoms with Crippen LogP contribution in [-0.2, 0) is 14.3 Å². The summed E-state index contributed by atoms with van der Waals surface area (Å²) in [6.07, 6.45) is -5.49. The van der Waals surface area contributed by atoms with Crippen molar-refractivity contribution in [2.24, 2.45) is 5.92 Å². The van der Waals surface area contributed by atoms with E-state index in [1.54, 1.807) is 0 Å². The first-order chi connectivity index (χ1) is 8.61. The van der Waals surface area contributed by atoms with Crippen LogP contribution in [-0.4, -0.2) is 49.1 Å². The van der Waals surface area contributed by atoms with Gasteiger partial charge < -0.3 is 9.64 Å². The van der Waals surface area contributed by atoms with Gasteiger partial charge >= 0.3 is 24.0 Å². The first-order valence-corrected chi connectivity index (χ1v) is 5.43. The van der Waals surface area contributed by atoms with Crippen LogP contribution in [0.2, 0.25) is 0 Å². The number of alkyl halides is 5. The molecule has 0 N–H and O–H groups in total. The lowest BCUT2D eigenvalue weighted by molar-refractivity contribution is -0.274. The molecule has 1 heterocycles. The number of nitrogens with zero attached hydrogens (tertiary/aromatic N) is 1. The molecule has 0 unspecified atom stereocenters. The monoisotopic (exact) mass is 289 g/mol. The van der Waals surface area contributed by atoms with E-state index in [1.165, 1.54) is 0 Å². The van der Waals surface area contributed by atoms with Gasteiger partial charge in [0.1, 0.15) is 0 Å². The Bertz CT molecular complexity index is 369. The second-order valence-corrected chi connectivity index (χ2v) is 4.19. The predicted molar refractivity (Wildman–Crippen MR) is 52.3 cm³/mol. The zero-order valence-electron chi connectivity index (χ0n) is 9.97. The fraction of sp³-hybridized carbons (Fsp3) is 0.800. The number of amides is 1. The van der Waals surface area contributed by atoms with Gasteiger partial charge in [-0.25, -0.2) is 0 Å². The molecule has 1 atom stereocenters. The molecule has 1 rings (SSSR count). The number of hydrogen-bond donors (Lipinski definition) is 0. The molecule has 9 heteroatoms. The first kappa shape index (κ1) is 15.6. The van der Waals surface area contributed by atoms with Crippen LogP contribution in [0.5, 0.6) is 0 Å². The van der Waals surface area contributed by atoms with Crippen LogP contribution in [0.1, 0.15) is 12.8 Å². The number of esters is 1. The number of methoxy groups -OCH3 is 1. The number of ether oxygens (including phenoxy) is 1. The summed E-state index contributed by atoms with van der Waals surface area (Å²) in [4.78, 5) is 22.8. The summed E-state index contributed by atoms with van der Waals surface area (Å²) in [6, 6.07) is 0. The van der Waals surface area contributed by atoms with Gasteiger partial charge in [-0.2, -0.15) is 22.0 Å². The molecule has 0 aromatic carbocycles. The second-order valence-electron chi connectivity index (χ2n) is 4.19. The number of halogens is 5. The summed E-state index contributed by atoms with van der Waals surface area (Å²) in [7, 11) is 1.08. The quantitative estimate of drug-likeness (QED) is 0.573. The number of rotatable bonds is 2. The smallest absolute Gasteiger partial charge is 0.463 e. The second kappa shape index (κ2) is 5.30. The Kier molecular flexibility index (Phi) is 4.36. The number of carbonyl (C=O) groups is 2. The molecule has 110 valence electrons. The summed E-state index contributed by atoms with van der Waals surface area (Å²) in [5, 5.41) is 0. The van der Waals surface area contributed by atoms with Crippen LogP contribution in [0.25, 0.3) is 0 Å². The van der Waals surface area contributed by atoms with Gasteiger partial charge in [-0.15, -0.1) is 0 Å². The molecule has 1 aliphatic heterocycles. The highest BCUT2D eigenvalue weighted by atomic mass is 19.4. The molecular formula is C10H12F5NO3. The summed E-state index contributed by atoms with van der Waals surface area (Å²) < 4.78 is 66.4. The minimum absolute atomic E-state index is 0.166. The van der Waals surface area contributed by atoms with Crippen LogP contribution >= 0.6 is 0 Å². The molecule has 0 radical (unpaired) electrons. The molecule has 0 aromatic heterocycles. The molecule has 4 nitrogen and oxygen atoms in total. The third-order valence-electron chi connectivity index (χ3n) is 2.87. The lowest BCUT2D eigenvalue weighted by atomic mass is 9.97. The van der Waals surface area contributed by atoms with E-state index in [-0.39, 0.29) is 19.4 Å². The molecule has 0 spiro atoms. The first-order valence-electron chi connectivity index (χ1n) is 5.43. The van der Waals surface area contributed by atoms with Gasteiger partial charge in [0.05, 0.1) is 13.0 Å². The van der Waals surface area contributed by atoms with Gasteiger partial charge in [-0.3, -0.25) is 9.59 Å². The molecular weight excluding hydrogens is 277 g/mol. The van der Waals surface area contributed by atoms with Gasteiger partial charge in [0.25, 0.3) is 0 Å². The Morgan fingerprint density at radius 2 is 1.79 bits per heavy atom. The lowest BCUT2D eigenvalue weighted by Gasteiger charge is -2.33. The topological polar surface area (TPSA) is 46.6 Å². The Morgan fingerprint density at radius 3 is 2.26 bits per heavy atom. The van der Waals surface area contributed by atoms with Crippen molar-refractivity contribution in [3.63, 3.8) is 0 Å². The maximum absolute atomic E-state index is 12.9. The third kappa shape index (κ3) is 3.13. The Morgan fingerprint density at radius 1 is 1.21 bits per heavy atom. The fourth-order valence-corrected chi connectivity index (χ4v) is 1.84. The molecule has 0 aromatic rings. The number of piperidine rings is 1. The van der Waals surface area contributed by atoms with Crippen LogP contribution in [0, 0.1) is 5.92 Å². The third-order valence-corrected chi connectivity index (χ3v) is 2.87. The largest absolute Gasteiger partial charge is 0.469 e. The van der Waals surface area contributed by atoms with Crippen LogP contribution in [0.3, 0.4) is 0 Å². The van der Waals surface area contributed by atoms with Crippen LogP contribution in [0.15, 0.2) is 0 Å². The van der Waals surface area contributed by atoms with Crippen molar-refractivity contribution in [1.82, 2.24) is 4.90 Å². The highest BCUT2D eigenvalue weighted by Gasteiger charge is 2.64. The van der Waals surface area contributed by atoms with Gasteiger partial charge in [0.15, 0.2) is 0 Å². The van der Waals surface area contributed by atoms with Crippen LogP contribution in [0.4, 0.5) is 22.0 Å². The van der Waals surface area contributed by atoms with Gasteiger partial charge in [-0.1, -0.05) is 0 Å². The molecule has 19 heavy (non-hydrogen) atoms. The van der Waals surface area contributed by atoms with Crippen molar-refractivity contribution in [1.29, 1.82) is 0 Å². The number of hydrogen-bond acceptors (Lipinski definition) is 3. The maximum Gasteiger partial charge on any atom is 0.463 e. The standard InChI is InChI=1S/C10H12F5NO3/c1-19-7(17)6-3-2-4-16(5-6)8(18)9(11,12)10(13,14)15/h6H,2-5H2,1H3/t6-/m0/s1. The fourth-order valence-electron chi connectivity index (χ4n) is 1.84. The van der Waals surface area contributed by atoms with Crippen molar-refractivity contribution >= 4 is 11.9 Å². The lowest BCUT2D eigenvalue weighted by Crippen LogP contribution is -2.55. The van der Waals surface area contributed by atoms with Crippen LogP contribution < -0.4 is 0 Å². The summed E-state index contributed by atoms with van der Waals surface area (Å²) in [5.74, 6) is -9.36. The summed E-state index contributed by atoms with van der Waals surface area (Å²) in [5.41, 5.74) is 0. The van der Waals surface area contributed by atoms with E-state index < -0.39 is 36.4 Å². The summed E-state index contributed by atoms with van der Waals surface area (Å²) >= 11 is 0. The minimum atomic E-state index is -5.94. The van der Waals surface area contributed by atoms with Crippen molar-refractivity contribution in [2.45, 2.75) is 24.9 Å². The average molecular weight is 289 g/mol. The Hall–Kier alpha value is -1.41. The number of likely N-dealkylation sites (tertiary alicyclic amines) is 1. The SMILES string of the molecule is COC(=O)[C@H]1CCCN(C(=O)C(F)(F)C(F)(F)F)C1. The number of carbonyl (C=O) groups excluding carboxylic acids is 2. The predicted octanol–water partition coefficient (Wildman–Crippen LogP) is 1.60. The zero-order valence-corrected chi connectivity index (χ0v) is 9.97.